The summed E-state index contributed by atoms with van der Waals surface area (Å²) in [4.78, 5) is 21.9. The summed E-state index contributed by atoms with van der Waals surface area (Å²) in [5.74, 6) is 0.00501. The first-order valence-electron chi connectivity index (χ1n) is 6.52. The molecule has 0 aliphatic heterocycles. The van der Waals surface area contributed by atoms with Crippen molar-refractivity contribution in [2.45, 2.75) is 26.7 Å². The molecule has 2 rings (SSSR count). The van der Waals surface area contributed by atoms with E-state index in [4.69, 9.17) is 19.5 Å². The van der Waals surface area contributed by atoms with Crippen LogP contribution in [0.3, 0.4) is 0 Å². The van der Waals surface area contributed by atoms with Crippen molar-refractivity contribution in [1.29, 1.82) is 0 Å². The van der Waals surface area contributed by atoms with Crippen molar-refractivity contribution in [2.24, 2.45) is 0 Å². The lowest BCUT2D eigenvalue weighted by molar-refractivity contribution is 0.0515. The minimum absolute atomic E-state index is 0.00501. The minimum Gasteiger partial charge on any atom is -0.369 e. The zero-order valence-electron chi connectivity index (χ0n) is 12.2. The van der Waals surface area contributed by atoms with E-state index >= 15 is 0 Å². The summed E-state index contributed by atoms with van der Waals surface area (Å²) in [5, 5.41) is 0. The highest BCUT2D eigenvalue weighted by molar-refractivity contribution is 7.33. The van der Waals surface area contributed by atoms with Gasteiger partial charge in [-0.3, -0.25) is 14.3 Å². The Morgan fingerprint density at radius 3 is 2.95 bits per heavy atom. The zero-order valence-corrected chi connectivity index (χ0v) is 13.1. The first-order chi connectivity index (χ1) is 10.5. The van der Waals surface area contributed by atoms with Crippen molar-refractivity contribution in [1.82, 2.24) is 19.5 Å². The normalized spacial score (nSPS) is 12.2. The first kappa shape index (κ1) is 16.5. The van der Waals surface area contributed by atoms with Crippen LogP contribution in [0.25, 0.3) is 11.2 Å². The Kier molecular flexibility index (Phi) is 5.56. The number of nitrogens with two attached hydrogens (primary N) is 1. The van der Waals surface area contributed by atoms with Gasteiger partial charge < -0.3 is 10.5 Å². The molecule has 0 aromatic carbocycles. The van der Waals surface area contributed by atoms with Crippen LogP contribution in [0, 0.1) is 0 Å². The molecular weight excluding hydrogens is 313 g/mol. The summed E-state index contributed by atoms with van der Waals surface area (Å²) < 4.78 is 28.0. The van der Waals surface area contributed by atoms with Crippen molar-refractivity contribution in [2.75, 3.05) is 18.9 Å². The molecule has 1 atom stereocenters. The van der Waals surface area contributed by atoms with Crippen LogP contribution in [0.5, 0.6) is 0 Å². The predicted molar refractivity (Wildman–Crippen MR) is 78.3 cm³/mol. The minimum atomic E-state index is -2.14. The number of nitrogen functional groups attached to an aromatic ring is 1. The molecule has 2 aromatic heterocycles. The molecule has 0 amide bonds. The Labute approximate surface area is 126 Å². The monoisotopic (exact) mass is 330 g/mol. The van der Waals surface area contributed by atoms with E-state index in [1.165, 1.54) is 10.9 Å². The predicted octanol–water partition coefficient (Wildman–Crippen LogP) is 0.775. The molecule has 2 aromatic rings. The molecule has 0 bridgehead atoms. The fourth-order valence-electron chi connectivity index (χ4n) is 1.60. The number of hydrogen-bond acceptors (Lipinski definition) is 8. The number of rotatable bonds is 8. The van der Waals surface area contributed by atoms with Gasteiger partial charge in [0.2, 0.25) is 5.95 Å². The molecule has 0 aliphatic carbocycles. The van der Waals surface area contributed by atoms with Crippen LogP contribution in [-0.2, 0) is 25.1 Å². The molecule has 22 heavy (non-hydrogen) atoms. The molecular formula is C11H17N5O5P+. The van der Waals surface area contributed by atoms with Crippen LogP contribution < -0.4 is 11.3 Å². The lowest BCUT2D eigenvalue weighted by atomic mass is 10.5. The highest BCUT2D eigenvalue weighted by Crippen LogP contribution is 2.25. The summed E-state index contributed by atoms with van der Waals surface area (Å²) >= 11 is 0. The van der Waals surface area contributed by atoms with Gasteiger partial charge in [-0.25, -0.2) is 4.98 Å². The molecule has 0 saturated carbocycles. The molecule has 11 heteroatoms. The molecule has 120 valence electrons. The Hall–Kier alpha value is -1.87. The largest absolute Gasteiger partial charge is 0.697 e. The number of imidazole rings is 1. The lowest BCUT2D eigenvalue weighted by Crippen LogP contribution is -2.13. The number of H-pyrrole nitrogens is 1. The molecule has 0 aliphatic rings. The fourth-order valence-corrected chi connectivity index (χ4v) is 2.23. The Morgan fingerprint density at radius 1 is 1.45 bits per heavy atom. The summed E-state index contributed by atoms with van der Waals surface area (Å²) in [6, 6.07) is 0. The standard InChI is InChI=1S/C11H16N5O5P/c1-7(2)21-22(18)20-4-3-19-6-16-5-13-8-9(16)14-11(12)15-10(8)17/h5,7H,3-4,6H2,1-2H3,(H2-,12,14,15,17)/p+1. The van der Waals surface area contributed by atoms with E-state index in [-0.39, 0.29) is 37.5 Å². The number of aromatic amines is 1. The van der Waals surface area contributed by atoms with Crippen molar-refractivity contribution in [3.63, 3.8) is 0 Å². The Morgan fingerprint density at radius 2 is 2.23 bits per heavy atom. The average Bonchev–Trinajstić information content (AvgIpc) is 2.81. The molecule has 0 saturated heterocycles. The highest BCUT2D eigenvalue weighted by Gasteiger charge is 2.21. The molecule has 1 unspecified atom stereocenters. The van der Waals surface area contributed by atoms with Gasteiger partial charge in [0, 0.05) is 4.57 Å². The van der Waals surface area contributed by atoms with Crippen molar-refractivity contribution >= 4 is 25.4 Å². The molecule has 3 N–H and O–H groups in total. The SMILES string of the molecule is CC(C)O[P+](=O)OCCOCn1cnc2c(=O)[nH]c(N)nc21. The van der Waals surface area contributed by atoms with Crippen LogP contribution in [0.4, 0.5) is 5.95 Å². The molecule has 0 radical (unpaired) electrons. The number of nitrogens with zero attached hydrogens (tertiary/aromatic N) is 3. The van der Waals surface area contributed by atoms with Crippen molar-refractivity contribution in [3.8, 4) is 0 Å². The van der Waals surface area contributed by atoms with Crippen LogP contribution in [0.2, 0.25) is 0 Å². The second-order valence-corrected chi connectivity index (χ2v) is 5.50. The van der Waals surface area contributed by atoms with Gasteiger partial charge in [0.05, 0.1) is 12.9 Å². The first-order valence-corrected chi connectivity index (χ1v) is 7.62. The number of hydrogen-bond donors (Lipinski definition) is 2. The summed E-state index contributed by atoms with van der Waals surface area (Å²) in [6.45, 7) is 3.94. The van der Waals surface area contributed by atoms with Gasteiger partial charge in [-0.2, -0.15) is 4.98 Å². The quantitative estimate of drug-likeness (QED) is 0.535. The number of anilines is 1. The summed E-state index contributed by atoms with van der Waals surface area (Å²) in [5.41, 5.74) is 5.59. The van der Waals surface area contributed by atoms with E-state index in [1.54, 1.807) is 13.8 Å². The van der Waals surface area contributed by atoms with Gasteiger partial charge in [0.15, 0.2) is 11.2 Å². The van der Waals surface area contributed by atoms with Crippen LogP contribution in [0.1, 0.15) is 13.8 Å². The second-order valence-electron chi connectivity index (χ2n) is 4.59. The van der Waals surface area contributed by atoms with Gasteiger partial charge in [0.1, 0.15) is 19.4 Å². The molecule has 10 nitrogen and oxygen atoms in total. The van der Waals surface area contributed by atoms with E-state index in [2.05, 4.69) is 15.0 Å². The maximum atomic E-state index is 11.6. The second kappa shape index (κ2) is 7.41. The third-order valence-electron chi connectivity index (χ3n) is 2.44. The van der Waals surface area contributed by atoms with E-state index in [9.17, 15) is 9.36 Å². The van der Waals surface area contributed by atoms with Gasteiger partial charge in [-0.1, -0.05) is 0 Å². The number of aromatic nitrogens is 4. The molecule has 0 spiro atoms. The third-order valence-corrected chi connectivity index (χ3v) is 3.43. The third kappa shape index (κ3) is 4.31. The van der Waals surface area contributed by atoms with Crippen molar-refractivity contribution in [3.05, 3.63) is 16.7 Å². The van der Waals surface area contributed by atoms with E-state index in [1.807, 2.05) is 0 Å². The summed E-state index contributed by atoms with van der Waals surface area (Å²) in [7, 11) is -2.14. The lowest BCUT2D eigenvalue weighted by Gasteiger charge is -2.04. The average molecular weight is 330 g/mol. The zero-order chi connectivity index (χ0) is 16.1. The van der Waals surface area contributed by atoms with Crippen LogP contribution in [-0.4, -0.2) is 38.8 Å². The Bertz CT molecular complexity index is 712. The van der Waals surface area contributed by atoms with Gasteiger partial charge in [0.25, 0.3) is 5.56 Å². The van der Waals surface area contributed by atoms with Gasteiger partial charge in [-0.05, 0) is 13.8 Å². The van der Waals surface area contributed by atoms with Crippen LogP contribution in [0.15, 0.2) is 11.1 Å². The number of ether oxygens (including phenoxy) is 1. The fraction of sp³-hybridized carbons (Fsp3) is 0.545. The maximum absolute atomic E-state index is 11.6. The van der Waals surface area contributed by atoms with Crippen LogP contribution >= 0.6 is 8.25 Å². The summed E-state index contributed by atoms with van der Waals surface area (Å²) in [6.07, 6.45) is 1.26. The molecule has 2 heterocycles. The smallest absolute Gasteiger partial charge is 0.369 e. The van der Waals surface area contributed by atoms with E-state index in [0.29, 0.717) is 5.65 Å². The number of fused-ring (bicyclic) bond motifs is 1. The van der Waals surface area contributed by atoms with Crippen molar-refractivity contribution < 1.29 is 18.3 Å². The highest BCUT2D eigenvalue weighted by atomic mass is 31.1. The van der Waals surface area contributed by atoms with E-state index < -0.39 is 13.8 Å². The maximum Gasteiger partial charge on any atom is 0.697 e. The Balaban J connectivity index is 1.83. The molecule has 0 fully saturated rings. The van der Waals surface area contributed by atoms with E-state index in [0.717, 1.165) is 0 Å². The van der Waals surface area contributed by atoms with Gasteiger partial charge in [-0.15, -0.1) is 9.05 Å². The number of nitrogens with one attached hydrogen (secondary N) is 1. The topological polar surface area (TPSA) is 134 Å². The van der Waals surface area contributed by atoms with Gasteiger partial charge >= 0.3 is 8.25 Å².